The molecule has 1 aromatic rings. The maximum Gasteiger partial charge on any atom is 0.193 e. The van der Waals surface area contributed by atoms with Gasteiger partial charge in [0, 0.05) is 54.9 Å². The van der Waals surface area contributed by atoms with E-state index in [2.05, 4.69) is 55.1 Å². The summed E-state index contributed by atoms with van der Waals surface area (Å²) in [6.45, 7) is 12.8. The molecule has 0 amide bonds. The quantitative estimate of drug-likeness (QED) is 0.626. The molecule has 0 aliphatic carbocycles. The molecule has 2 rings (SSSR count). The van der Waals surface area contributed by atoms with E-state index in [9.17, 15) is 0 Å². The highest BCUT2D eigenvalue weighted by molar-refractivity contribution is 8.00. The number of aliphatic imine (C=N–C) groups is 1. The van der Waals surface area contributed by atoms with E-state index in [0.717, 1.165) is 43.8 Å². The van der Waals surface area contributed by atoms with Gasteiger partial charge >= 0.3 is 0 Å². The summed E-state index contributed by atoms with van der Waals surface area (Å²) >= 11 is 3.87. The van der Waals surface area contributed by atoms with Crippen molar-refractivity contribution < 1.29 is 0 Å². The van der Waals surface area contributed by atoms with Crippen molar-refractivity contribution in [3.8, 4) is 0 Å². The van der Waals surface area contributed by atoms with Crippen LogP contribution in [0.4, 0.5) is 0 Å². The summed E-state index contributed by atoms with van der Waals surface area (Å²) < 4.78 is 0. The molecule has 23 heavy (non-hydrogen) atoms. The average Bonchev–Trinajstić information content (AvgIpc) is 3.03. The fraction of sp³-hybridized carbons (Fsp3) is 0.765. The number of hydrogen-bond acceptors (Lipinski definition) is 4. The van der Waals surface area contributed by atoms with Gasteiger partial charge in [-0.2, -0.15) is 11.8 Å². The minimum absolute atomic E-state index is 0.520. The first-order valence-electron chi connectivity index (χ1n) is 8.73. The molecule has 1 aliphatic rings. The third-order valence-electron chi connectivity index (χ3n) is 3.92. The lowest BCUT2D eigenvalue weighted by atomic mass is 10.2. The van der Waals surface area contributed by atoms with Gasteiger partial charge in [0.1, 0.15) is 0 Å². The van der Waals surface area contributed by atoms with Crippen molar-refractivity contribution in [1.29, 1.82) is 0 Å². The maximum atomic E-state index is 4.84. The molecule has 0 bridgehead atoms. The Balaban J connectivity index is 1.92. The number of thioether (sulfide) groups is 1. The van der Waals surface area contributed by atoms with E-state index in [-0.39, 0.29) is 0 Å². The molecule has 1 unspecified atom stereocenters. The van der Waals surface area contributed by atoms with Crippen LogP contribution in [0.2, 0.25) is 0 Å². The van der Waals surface area contributed by atoms with Gasteiger partial charge in [0.05, 0.1) is 10.7 Å². The Morgan fingerprint density at radius 1 is 1.48 bits per heavy atom. The summed E-state index contributed by atoms with van der Waals surface area (Å²) in [4.78, 5) is 12.0. The van der Waals surface area contributed by atoms with Crippen LogP contribution < -0.4 is 5.32 Å². The van der Waals surface area contributed by atoms with Gasteiger partial charge in [-0.3, -0.25) is 4.99 Å². The van der Waals surface area contributed by atoms with Crippen LogP contribution in [-0.4, -0.2) is 53.0 Å². The second kappa shape index (κ2) is 9.52. The lowest BCUT2D eigenvalue weighted by molar-refractivity contribution is 0.408. The van der Waals surface area contributed by atoms with E-state index in [0.29, 0.717) is 5.92 Å². The van der Waals surface area contributed by atoms with Crippen molar-refractivity contribution in [2.45, 2.75) is 51.7 Å². The SMILES string of the molecule is CCNC(=NCCc1csc(C(C)C)n1)N1CCSC(CC)C1. The summed E-state index contributed by atoms with van der Waals surface area (Å²) in [5.74, 6) is 2.80. The summed E-state index contributed by atoms with van der Waals surface area (Å²) in [6.07, 6.45) is 2.16. The standard InChI is InChI=1S/C17H30N4S2/c1-5-15-11-21(9-10-22-15)17(18-6-2)19-8-7-14-12-23-16(20-14)13(3)4/h12-13,15H,5-11H2,1-4H3,(H,18,19). The molecule has 1 aliphatic heterocycles. The van der Waals surface area contributed by atoms with Crippen LogP contribution in [0.1, 0.15) is 50.7 Å². The van der Waals surface area contributed by atoms with E-state index >= 15 is 0 Å². The normalized spacial score (nSPS) is 19.4. The van der Waals surface area contributed by atoms with Gasteiger partial charge in [-0.05, 0) is 13.3 Å². The first kappa shape index (κ1) is 18.6. The minimum atomic E-state index is 0.520. The second-order valence-corrected chi connectivity index (χ2v) is 8.46. The summed E-state index contributed by atoms with van der Waals surface area (Å²) in [5.41, 5.74) is 1.18. The molecule has 0 saturated carbocycles. The molecule has 1 fully saturated rings. The van der Waals surface area contributed by atoms with Crippen LogP contribution in [0, 0.1) is 0 Å². The smallest absolute Gasteiger partial charge is 0.193 e. The molecule has 6 heteroatoms. The van der Waals surface area contributed by atoms with Gasteiger partial charge in [-0.1, -0.05) is 20.8 Å². The fourth-order valence-corrected chi connectivity index (χ4v) is 4.61. The summed E-state index contributed by atoms with van der Waals surface area (Å²) in [6, 6.07) is 0. The van der Waals surface area contributed by atoms with E-state index < -0.39 is 0 Å². The highest BCUT2D eigenvalue weighted by atomic mass is 32.2. The molecule has 1 N–H and O–H groups in total. The molecule has 0 spiro atoms. The number of aromatic nitrogens is 1. The number of thiazole rings is 1. The zero-order chi connectivity index (χ0) is 16.7. The maximum absolute atomic E-state index is 4.84. The minimum Gasteiger partial charge on any atom is -0.357 e. The van der Waals surface area contributed by atoms with E-state index in [4.69, 9.17) is 9.98 Å². The summed E-state index contributed by atoms with van der Waals surface area (Å²) in [7, 11) is 0. The molecule has 4 nitrogen and oxygen atoms in total. The van der Waals surface area contributed by atoms with Crippen LogP contribution >= 0.6 is 23.1 Å². The topological polar surface area (TPSA) is 40.5 Å². The van der Waals surface area contributed by atoms with Gasteiger partial charge in [-0.15, -0.1) is 11.3 Å². The molecule has 1 atom stereocenters. The molecular weight excluding hydrogens is 324 g/mol. The zero-order valence-corrected chi connectivity index (χ0v) is 16.5. The molecule has 0 radical (unpaired) electrons. The van der Waals surface area contributed by atoms with Crippen LogP contribution in [-0.2, 0) is 6.42 Å². The van der Waals surface area contributed by atoms with Crippen LogP contribution in [0.25, 0.3) is 0 Å². The number of rotatable bonds is 6. The highest BCUT2D eigenvalue weighted by Crippen LogP contribution is 2.21. The molecule has 1 aromatic heterocycles. The van der Waals surface area contributed by atoms with Crippen LogP contribution in [0.3, 0.4) is 0 Å². The van der Waals surface area contributed by atoms with Gasteiger partial charge in [0.15, 0.2) is 5.96 Å². The Hall–Kier alpha value is -0.750. The Morgan fingerprint density at radius 3 is 2.96 bits per heavy atom. The largest absolute Gasteiger partial charge is 0.357 e. The van der Waals surface area contributed by atoms with Gasteiger partial charge < -0.3 is 10.2 Å². The van der Waals surface area contributed by atoms with Gasteiger partial charge in [-0.25, -0.2) is 4.98 Å². The first-order valence-corrected chi connectivity index (χ1v) is 10.7. The highest BCUT2D eigenvalue weighted by Gasteiger charge is 2.21. The molecule has 0 aromatic carbocycles. The Labute approximate surface area is 149 Å². The van der Waals surface area contributed by atoms with E-state index in [1.54, 1.807) is 11.3 Å². The second-order valence-electron chi connectivity index (χ2n) is 6.16. The lowest BCUT2D eigenvalue weighted by Gasteiger charge is -2.34. The number of nitrogens with zero attached hydrogens (tertiary/aromatic N) is 3. The third-order valence-corrected chi connectivity index (χ3v) is 6.49. The van der Waals surface area contributed by atoms with Crippen molar-refractivity contribution in [1.82, 2.24) is 15.2 Å². The van der Waals surface area contributed by atoms with Crippen LogP contribution in [0.15, 0.2) is 10.4 Å². The monoisotopic (exact) mass is 354 g/mol. The predicted octanol–water partition coefficient (Wildman–Crippen LogP) is 3.60. The average molecular weight is 355 g/mol. The van der Waals surface area contributed by atoms with Crippen molar-refractivity contribution >= 4 is 29.1 Å². The number of guanidine groups is 1. The predicted molar refractivity (Wildman–Crippen MR) is 104 cm³/mol. The Bertz CT molecular complexity index is 499. The van der Waals surface area contributed by atoms with Crippen molar-refractivity contribution in [2.75, 3.05) is 31.9 Å². The van der Waals surface area contributed by atoms with E-state index in [1.807, 2.05) is 0 Å². The lowest BCUT2D eigenvalue weighted by Crippen LogP contribution is -2.48. The Kier molecular flexibility index (Phi) is 7.70. The molecule has 130 valence electrons. The zero-order valence-electron chi connectivity index (χ0n) is 14.8. The van der Waals surface area contributed by atoms with Crippen molar-refractivity contribution in [2.24, 2.45) is 4.99 Å². The van der Waals surface area contributed by atoms with Gasteiger partial charge in [0.25, 0.3) is 0 Å². The molecular formula is C17H30N4S2. The fourth-order valence-electron chi connectivity index (χ4n) is 2.56. The molecule has 1 saturated heterocycles. The Morgan fingerprint density at radius 2 is 2.30 bits per heavy atom. The van der Waals surface area contributed by atoms with Gasteiger partial charge in [0.2, 0.25) is 0 Å². The number of hydrogen-bond donors (Lipinski definition) is 1. The third kappa shape index (κ3) is 5.68. The number of nitrogens with one attached hydrogen (secondary N) is 1. The summed E-state index contributed by atoms with van der Waals surface area (Å²) in [5, 5.41) is 7.61. The van der Waals surface area contributed by atoms with Crippen LogP contribution in [0.5, 0.6) is 0 Å². The van der Waals surface area contributed by atoms with Crippen molar-refractivity contribution in [3.05, 3.63) is 16.1 Å². The first-order chi connectivity index (χ1) is 11.1. The van der Waals surface area contributed by atoms with E-state index in [1.165, 1.54) is 22.9 Å². The molecule has 2 heterocycles. The van der Waals surface area contributed by atoms with Crippen molar-refractivity contribution in [3.63, 3.8) is 0 Å².